The van der Waals surface area contributed by atoms with Crippen molar-refractivity contribution in [2.75, 3.05) is 7.05 Å². The minimum Gasteiger partial charge on any atom is -0.388 e. The molecule has 0 aliphatic heterocycles. The van der Waals surface area contributed by atoms with Crippen LogP contribution >= 0.6 is 22.9 Å². The predicted molar refractivity (Wildman–Crippen MR) is 57.0 cm³/mol. The number of halogens is 1. The van der Waals surface area contributed by atoms with Gasteiger partial charge in [-0.3, -0.25) is 10.1 Å². The first-order valence-corrected chi connectivity index (χ1v) is 4.52. The highest BCUT2D eigenvalue weighted by Crippen LogP contribution is 2.13. The van der Waals surface area contributed by atoms with E-state index in [4.69, 9.17) is 0 Å². The number of benzene rings is 1. The van der Waals surface area contributed by atoms with Gasteiger partial charge in [0, 0.05) is 24.3 Å². The third-order valence-electron chi connectivity index (χ3n) is 1.62. The minimum absolute atomic E-state index is 0.102. The molecule has 1 unspecified atom stereocenters. The molecule has 1 aromatic carbocycles. The molecule has 1 rings (SSSR count). The third kappa shape index (κ3) is 2.61. The second kappa shape index (κ2) is 4.49. The summed E-state index contributed by atoms with van der Waals surface area (Å²) in [5, 5.41) is 11.2. The van der Waals surface area contributed by atoms with Crippen molar-refractivity contribution in [3.63, 3.8) is 0 Å². The van der Waals surface area contributed by atoms with Crippen LogP contribution in [0.1, 0.15) is 0 Å². The lowest BCUT2D eigenvalue weighted by Gasteiger charge is -2.20. The molecule has 0 spiro atoms. The predicted octanol–water partition coefficient (Wildman–Crippen LogP) is 1.38. The Morgan fingerprint density at radius 1 is 1.46 bits per heavy atom. The number of nitro groups is 1. The molecule has 13 heavy (non-hydrogen) atoms. The molecule has 5 nitrogen and oxygen atoms in total. The Bertz CT molecular complexity index is 301. The summed E-state index contributed by atoms with van der Waals surface area (Å²) in [6.07, 6.45) is 0. The number of rotatable bonds is 3. The molecule has 0 aliphatic rings. The van der Waals surface area contributed by atoms with E-state index in [9.17, 15) is 10.1 Å². The van der Waals surface area contributed by atoms with Crippen LogP contribution in [0.25, 0.3) is 3.64 Å². The van der Waals surface area contributed by atoms with Crippen LogP contribution in [-0.2, 0) is 0 Å². The monoisotopic (exact) mass is 293 g/mol. The van der Waals surface area contributed by atoms with Crippen molar-refractivity contribution in [2.45, 2.75) is 0 Å². The Labute approximate surface area is 89.3 Å². The largest absolute Gasteiger partial charge is 0.388 e. The molecule has 0 fully saturated rings. The van der Waals surface area contributed by atoms with Crippen LogP contribution in [0.4, 0.5) is 11.4 Å². The second-order valence-corrected chi connectivity index (χ2v) is 2.96. The lowest BCUT2D eigenvalue weighted by molar-refractivity contribution is -0.755. The molecule has 0 bridgehead atoms. The topological polar surface area (TPSA) is 61.7 Å². The van der Waals surface area contributed by atoms with Gasteiger partial charge in [0.25, 0.3) is 5.69 Å². The number of nitrogens with one attached hydrogen (secondary N) is 1. The maximum absolute atomic E-state index is 10.3. The molecule has 1 atom stereocenters. The fraction of sp³-hybridized carbons (Fsp3) is 0.143. The van der Waals surface area contributed by atoms with Gasteiger partial charge in [0.15, 0.2) is 0 Å². The van der Waals surface area contributed by atoms with Crippen LogP contribution in [0.3, 0.4) is 0 Å². The standard InChI is InChI=1S/C7H8IN3O2/c1-10(9-8)6-2-4-7(5-3-6)11(12)13/h2-5,10H,1H3. The molecule has 70 valence electrons. The molecular weight excluding hydrogens is 285 g/mol. The summed E-state index contributed by atoms with van der Waals surface area (Å²) in [5.74, 6) is 0. The van der Waals surface area contributed by atoms with Crippen LogP contribution in [-0.4, -0.2) is 12.0 Å². The maximum atomic E-state index is 10.3. The third-order valence-corrected chi connectivity index (χ3v) is 2.35. The van der Waals surface area contributed by atoms with E-state index in [1.807, 2.05) is 29.9 Å². The molecule has 0 aliphatic carbocycles. The van der Waals surface area contributed by atoms with E-state index >= 15 is 0 Å². The minimum atomic E-state index is -0.416. The van der Waals surface area contributed by atoms with Crippen LogP contribution < -0.4 is 5.01 Å². The lowest BCUT2D eigenvalue weighted by Crippen LogP contribution is -2.98. The first-order valence-electron chi connectivity index (χ1n) is 3.55. The Balaban J connectivity index is 2.87. The molecule has 0 heterocycles. The quantitative estimate of drug-likeness (QED) is 0.520. The van der Waals surface area contributed by atoms with Gasteiger partial charge < -0.3 is 8.65 Å². The van der Waals surface area contributed by atoms with Gasteiger partial charge in [0.2, 0.25) is 0 Å². The summed E-state index contributed by atoms with van der Waals surface area (Å²) < 4.78 is 3.95. The molecule has 0 saturated heterocycles. The summed E-state index contributed by atoms with van der Waals surface area (Å²) in [4.78, 5) is 9.91. The van der Waals surface area contributed by atoms with Crippen LogP contribution in [0.15, 0.2) is 24.3 Å². The molecule has 6 heteroatoms. The van der Waals surface area contributed by atoms with Gasteiger partial charge in [-0.1, -0.05) is 0 Å². The number of nitro benzene ring substituents is 1. The highest BCUT2D eigenvalue weighted by atomic mass is 127. The number of non-ortho nitro benzene ring substituents is 1. The van der Waals surface area contributed by atoms with E-state index in [-0.39, 0.29) is 5.69 Å². The lowest BCUT2D eigenvalue weighted by atomic mass is 10.3. The van der Waals surface area contributed by atoms with Crippen LogP contribution in [0.5, 0.6) is 0 Å². The van der Waals surface area contributed by atoms with E-state index in [0.717, 1.165) is 10.7 Å². The van der Waals surface area contributed by atoms with E-state index in [2.05, 4.69) is 3.64 Å². The molecular formula is C7H8IN3O2. The maximum Gasteiger partial charge on any atom is 0.269 e. The fourth-order valence-electron chi connectivity index (χ4n) is 0.873. The van der Waals surface area contributed by atoms with Crippen LogP contribution in [0, 0.1) is 10.1 Å². The molecule has 1 aromatic rings. The number of nitrogens with zero attached hydrogens (tertiary/aromatic N) is 2. The Hall–Kier alpha value is -0.730. The smallest absolute Gasteiger partial charge is 0.269 e. The summed E-state index contributed by atoms with van der Waals surface area (Å²) in [6.45, 7) is 0. The number of hydrogen-bond acceptors (Lipinski definition) is 2. The Morgan fingerprint density at radius 3 is 2.38 bits per heavy atom. The van der Waals surface area contributed by atoms with Crippen molar-refractivity contribution >= 4 is 34.2 Å². The van der Waals surface area contributed by atoms with Crippen molar-refractivity contribution in [2.24, 2.45) is 0 Å². The van der Waals surface area contributed by atoms with E-state index in [0.29, 0.717) is 0 Å². The summed E-state index contributed by atoms with van der Waals surface area (Å²) in [5.41, 5.74) is 1.00. The van der Waals surface area contributed by atoms with Gasteiger partial charge in [-0.25, -0.2) is 0 Å². The molecule has 0 saturated carbocycles. The van der Waals surface area contributed by atoms with E-state index in [1.165, 1.54) is 12.1 Å². The molecule has 0 aromatic heterocycles. The van der Waals surface area contributed by atoms with Crippen molar-refractivity contribution in [1.29, 1.82) is 0 Å². The molecule has 0 amide bonds. The van der Waals surface area contributed by atoms with Crippen molar-refractivity contribution in [3.8, 4) is 0 Å². The summed E-state index contributed by atoms with van der Waals surface area (Å²) in [6, 6.07) is 6.33. The number of quaternary nitrogens is 1. The van der Waals surface area contributed by atoms with Gasteiger partial charge >= 0.3 is 0 Å². The highest BCUT2D eigenvalue weighted by molar-refractivity contribution is 14.1. The molecule has 0 radical (unpaired) electrons. The summed E-state index contributed by atoms with van der Waals surface area (Å²) >= 11 is 1.89. The first kappa shape index (κ1) is 10.4. The first-order chi connectivity index (χ1) is 6.15. The zero-order valence-electron chi connectivity index (χ0n) is 6.90. The fourth-order valence-corrected chi connectivity index (χ4v) is 1.15. The van der Waals surface area contributed by atoms with Crippen molar-refractivity contribution < 1.29 is 9.93 Å². The normalized spacial score (nSPS) is 12.5. The molecule has 1 N–H and O–H groups in total. The average molecular weight is 293 g/mol. The Kier molecular flexibility index (Phi) is 3.58. The second-order valence-electron chi connectivity index (χ2n) is 2.47. The Morgan fingerprint density at radius 2 is 2.00 bits per heavy atom. The SMILES string of the molecule is C[NH+]([N-]I)c1ccc([N+](=O)[O-])cc1. The average Bonchev–Trinajstić information content (AvgIpc) is 2.17. The van der Waals surface area contributed by atoms with E-state index < -0.39 is 4.92 Å². The highest BCUT2D eigenvalue weighted by Gasteiger charge is 2.05. The van der Waals surface area contributed by atoms with Gasteiger partial charge in [-0.15, -0.1) is 0 Å². The van der Waals surface area contributed by atoms with Crippen molar-refractivity contribution in [3.05, 3.63) is 38.0 Å². The van der Waals surface area contributed by atoms with Crippen LogP contribution in [0.2, 0.25) is 0 Å². The zero-order chi connectivity index (χ0) is 9.84. The van der Waals surface area contributed by atoms with Crippen molar-refractivity contribution in [1.82, 2.24) is 0 Å². The van der Waals surface area contributed by atoms with Gasteiger partial charge in [-0.05, 0) is 0 Å². The van der Waals surface area contributed by atoms with Gasteiger partial charge in [0.1, 0.15) is 5.69 Å². The van der Waals surface area contributed by atoms with E-state index in [1.54, 1.807) is 12.1 Å². The van der Waals surface area contributed by atoms with Gasteiger partial charge in [0.05, 0.1) is 12.0 Å². The van der Waals surface area contributed by atoms with Gasteiger partial charge in [-0.2, -0.15) is 22.9 Å². The zero-order valence-corrected chi connectivity index (χ0v) is 9.06. The number of hydrogen-bond donors (Lipinski definition) is 1. The summed E-state index contributed by atoms with van der Waals surface area (Å²) in [7, 11) is 1.85.